The predicted molar refractivity (Wildman–Crippen MR) is 104 cm³/mol. The number of carbonyl (C=O) groups is 1. The van der Waals surface area contributed by atoms with Gasteiger partial charge in [0.1, 0.15) is 5.58 Å². The summed E-state index contributed by atoms with van der Waals surface area (Å²) in [6.07, 6.45) is 0.586. The molecule has 1 aliphatic heterocycles. The van der Waals surface area contributed by atoms with Gasteiger partial charge in [-0.1, -0.05) is 36.4 Å². The van der Waals surface area contributed by atoms with E-state index in [1.807, 2.05) is 49.1 Å². The molecule has 3 aromatic rings. The maximum absolute atomic E-state index is 12.1. The molecule has 0 spiro atoms. The molecule has 27 heavy (non-hydrogen) atoms. The van der Waals surface area contributed by atoms with Crippen molar-refractivity contribution in [3.8, 4) is 0 Å². The Balaban J connectivity index is 1.78. The quantitative estimate of drug-likeness (QED) is 0.727. The SMILES string of the molecule is Cc1ccc2c(CN3Cc4ccccc4CC3C(N)=O)cc(=O)oc2c1C. The fraction of sp³-hybridized carbons (Fsp3) is 0.273. The van der Waals surface area contributed by atoms with Crippen molar-refractivity contribution < 1.29 is 9.21 Å². The minimum Gasteiger partial charge on any atom is -0.422 e. The Hall–Kier alpha value is -2.92. The summed E-state index contributed by atoms with van der Waals surface area (Å²) in [6, 6.07) is 13.2. The van der Waals surface area contributed by atoms with Gasteiger partial charge in [-0.05, 0) is 48.1 Å². The maximum Gasteiger partial charge on any atom is 0.336 e. The molecule has 5 heteroatoms. The molecule has 1 aliphatic rings. The zero-order valence-corrected chi connectivity index (χ0v) is 15.5. The summed E-state index contributed by atoms with van der Waals surface area (Å²) in [4.78, 5) is 26.3. The van der Waals surface area contributed by atoms with Crippen LogP contribution >= 0.6 is 0 Å². The molecule has 0 saturated heterocycles. The van der Waals surface area contributed by atoms with Gasteiger partial charge in [0.15, 0.2) is 0 Å². The minimum atomic E-state index is -0.395. The molecule has 0 bridgehead atoms. The van der Waals surface area contributed by atoms with Crippen LogP contribution in [0.2, 0.25) is 0 Å². The third-order valence-electron chi connectivity index (χ3n) is 5.57. The lowest BCUT2D eigenvalue weighted by molar-refractivity contribution is -0.124. The standard InChI is InChI=1S/C22H22N2O3/c1-13-7-8-18-17(10-20(25)27-21(18)14(13)2)12-24-11-16-6-4-3-5-15(16)9-19(24)22(23)26/h3-8,10,19H,9,11-12H2,1-2H3,(H2,23,26). The van der Waals surface area contributed by atoms with Gasteiger partial charge in [0.25, 0.3) is 0 Å². The van der Waals surface area contributed by atoms with Gasteiger partial charge in [-0.3, -0.25) is 9.69 Å². The van der Waals surface area contributed by atoms with Crippen molar-refractivity contribution >= 4 is 16.9 Å². The Bertz CT molecular complexity index is 1100. The summed E-state index contributed by atoms with van der Waals surface area (Å²) >= 11 is 0. The first-order valence-corrected chi connectivity index (χ1v) is 9.07. The maximum atomic E-state index is 12.1. The molecule has 1 unspecified atom stereocenters. The van der Waals surface area contributed by atoms with E-state index < -0.39 is 6.04 Å². The molecular formula is C22H22N2O3. The van der Waals surface area contributed by atoms with Gasteiger partial charge in [0, 0.05) is 24.5 Å². The number of nitrogens with zero attached hydrogens (tertiary/aromatic N) is 1. The van der Waals surface area contributed by atoms with Crippen molar-refractivity contribution in [3.05, 3.63) is 80.7 Å². The second-order valence-corrected chi connectivity index (χ2v) is 7.27. The van der Waals surface area contributed by atoms with Crippen LogP contribution < -0.4 is 11.4 Å². The number of amides is 1. The summed E-state index contributed by atoms with van der Waals surface area (Å²) < 4.78 is 5.47. The average molecular weight is 362 g/mol. The highest BCUT2D eigenvalue weighted by Crippen LogP contribution is 2.28. The first-order chi connectivity index (χ1) is 12.9. The second-order valence-electron chi connectivity index (χ2n) is 7.27. The van der Waals surface area contributed by atoms with Gasteiger partial charge in [0.2, 0.25) is 5.91 Å². The van der Waals surface area contributed by atoms with E-state index in [9.17, 15) is 9.59 Å². The second kappa shape index (κ2) is 6.67. The van der Waals surface area contributed by atoms with E-state index >= 15 is 0 Å². The Morgan fingerprint density at radius 3 is 2.67 bits per heavy atom. The Morgan fingerprint density at radius 2 is 1.93 bits per heavy atom. The number of primary amides is 1. The number of hydrogen-bond donors (Lipinski definition) is 1. The smallest absolute Gasteiger partial charge is 0.336 e. The van der Waals surface area contributed by atoms with Crippen LogP contribution in [0.15, 0.2) is 51.7 Å². The molecule has 0 radical (unpaired) electrons. The van der Waals surface area contributed by atoms with Gasteiger partial charge < -0.3 is 10.2 Å². The first kappa shape index (κ1) is 17.5. The molecule has 1 aromatic heterocycles. The molecule has 2 N–H and O–H groups in total. The van der Waals surface area contributed by atoms with Crippen molar-refractivity contribution in [3.63, 3.8) is 0 Å². The van der Waals surface area contributed by atoms with Gasteiger partial charge in [-0.25, -0.2) is 4.79 Å². The summed E-state index contributed by atoms with van der Waals surface area (Å²) in [7, 11) is 0. The van der Waals surface area contributed by atoms with Crippen LogP contribution in [0.25, 0.3) is 11.0 Å². The highest BCUT2D eigenvalue weighted by molar-refractivity contribution is 5.84. The number of aryl methyl sites for hydroxylation is 2. The lowest BCUT2D eigenvalue weighted by atomic mass is 9.93. The van der Waals surface area contributed by atoms with Crippen LogP contribution in [-0.2, 0) is 24.3 Å². The molecule has 5 nitrogen and oxygen atoms in total. The molecule has 0 fully saturated rings. The topological polar surface area (TPSA) is 76.5 Å². The Kier molecular flexibility index (Phi) is 4.32. The van der Waals surface area contributed by atoms with Crippen LogP contribution in [0.3, 0.4) is 0 Å². The molecule has 1 amide bonds. The van der Waals surface area contributed by atoms with Gasteiger partial charge in [-0.15, -0.1) is 0 Å². The van der Waals surface area contributed by atoms with Gasteiger partial charge in [0.05, 0.1) is 6.04 Å². The van der Waals surface area contributed by atoms with Crippen molar-refractivity contribution in [2.45, 2.75) is 39.4 Å². The van der Waals surface area contributed by atoms with E-state index in [2.05, 4.69) is 6.07 Å². The number of nitrogens with two attached hydrogens (primary N) is 1. The highest BCUT2D eigenvalue weighted by Gasteiger charge is 2.30. The summed E-state index contributed by atoms with van der Waals surface area (Å²) in [5, 5.41) is 0.903. The molecule has 0 aliphatic carbocycles. The van der Waals surface area contributed by atoms with Crippen molar-refractivity contribution in [1.82, 2.24) is 4.90 Å². The van der Waals surface area contributed by atoms with Crippen molar-refractivity contribution in [1.29, 1.82) is 0 Å². The van der Waals surface area contributed by atoms with E-state index in [-0.39, 0.29) is 11.5 Å². The molecule has 1 atom stereocenters. The highest BCUT2D eigenvalue weighted by atomic mass is 16.4. The third-order valence-corrected chi connectivity index (χ3v) is 5.57. The van der Waals surface area contributed by atoms with Crippen LogP contribution in [0, 0.1) is 13.8 Å². The van der Waals surface area contributed by atoms with Crippen LogP contribution in [-0.4, -0.2) is 16.8 Å². The Morgan fingerprint density at radius 1 is 1.19 bits per heavy atom. The van der Waals surface area contributed by atoms with Crippen molar-refractivity contribution in [2.75, 3.05) is 0 Å². The fourth-order valence-corrected chi connectivity index (χ4v) is 3.90. The molecule has 138 valence electrons. The van der Waals surface area contributed by atoms with Gasteiger partial charge >= 0.3 is 5.63 Å². The van der Waals surface area contributed by atoms with Gasteiger partial charge in [-0.2, -0.15) is 0 Å². The average Bonchev–Trinajstić information content (AvgIpc) is 2.64. The van der Waals surface area contributed by atoms with E-state index in [1.54, 1.807) is 0 Å². The number of rotatable bonds is 3. The first-order valence-electron chi connectivity index (χ1n) is 9.07. The number of fused-ring (bicyclic) bond motifs is 2. The minimum absolute atomic E-state index is 0.344. The largest absolute Gasteiger partial charge is 0.422 e. The zero-order valence-electron chi connectivity index (χ0n) is 15.5. The lowest BCUT2D eigenvalue weighted by Gasteiger charge is -2.35. The number of carbonyl (C=O) groups excluding carboxylic acids is 1. The fourth-order valence-electron chi connectivity index (χ4n) is 3.90. The van der Waals surface area contributed by atoms with E-state index in [0.717, 1.165) is 27.6 Å². The Labute approximate surface area is 157 Å². The van der Waals surface area contributed by atoms with Crippen LogP contribution in [0.1, 0.15) is 27.8 Å². The normalized spacial score (nSPS) is 17.0. The monoisotopic (exact) mass is 362 g/mol. The molecule has 2 aromatic carbocycles. The van der Waals surface area contributed by atoms with Crippen LogP contribution in [0.4, 0.5) is 0 Å². The summed E-state index contributed by atoms with van der Waals surface area (Å²) in [5.74, 6) is -0.344. The van der Waals surface area contributed by atoms with Crippen molar-refractivity contribution in [2.24, 2.45) is 5.73 Å². The van der Waals surface area contributed by atoms with E-state index in [4.69, 9.17) is 10.2 Å². The summed E-state index contributed by atoms with van der Waals surface area (Å²) in [6.45, 7) is 5.03. The van der Waals surface area contributed by atoms with Crippen LogP contribution in [0.5, 0.6) is 0 Å². The zero-order chi connectivity index (χ0) is 19.1. The summed E-state index contributed by atoms with van der Waals surface area (Å²) in [5.41, 5.74) is 11.2. The lowest BCUT2D eigenvalue weighted by Crippen LogP contribution is -2.48. The molecular weight excluding hydrogens is 340 g/mol. The number of hydrogen-bond acceptors (Lipinski definition) is 4. The molecule has 4 rings (SSSR count). The van der Waals surface area contributed by atoms with E-state index in [1.165, 1.54) is 11.6 Å². The third kappa shape index (κ3) is 3.15. The molecule has 2 heterocycles. The van der Waals surface area contributed by atoms with E-state index in [0.29, 0.717) is 25.1 Å². The molecule has 0 saturated carbocycles. The number of benzene rings is 2. The predicted octanol–water partition coefficient (Wildman–Crippen LogP) is 2.82.